The van der Waals surface area contributed by atoms with Crippen molar-refractivity contribution in [3.05, 3.63) is 60.0 Å². The number of nitrogens with zero attached hydrogens (tertiary/aromatic N) is 2. The SMILES string of the molecule is COc1ccc(OCC(=O)NCCNC(=O)c2nc(-c3cccc(C)c3)no2)cc1. The van der Waals surface area contributed by atoms with Gasteiger partial charge in [-0.2, -0.15) is 4.98 Å². The van der Waals surface area contributed by atoms with Crippen LogP contribution in [0.25, 0.3) is 11.4 Å². The second kappa shape index (κ2) is 10.1. The molecule has 0 aliphatic heterocycles. The van der Waals surface area contributed by atoms with Gasteiger partial charge in [-0.25, -0.2) is 0 Å². The average molecular weight is 410 g/mol. The van der Waals surface area contributed by atoms with Crippen molar-refractivity contribution in [2.45, 2.75) is 6.92 Å². The fraction of sp³-hybridized carbons (Fsp3) is 0.238. The van der Waals surface area contributed by atoms with Crippen LogP contribution in [0.15, 0.2) is 53.1 Å². The van der Waals surface area contributed by atoms with Crippen LogP contribution in [0.5, 0.6) is 11.5 Å². The zero-order chi connectivity index (χ0) is 21.3. The second-order valence-corrected chi connectivity index (χ2v) is 6.36. The maximum atomic E-state index is 12.1. The Balaban J connectivity index is 1.37. The number of nitrogens with one attached hydrogen (secondary N) is 2. The molecule has 0 atom stereocenters. The van der Waals surface area contributed by atoms with Crippen LogP contribution < -0.4 is 20.1 Å². The molecule has 0 aliphatic rings. The largest absolute Gasteiger partial charge is 0.497 e. The maximum Gasteiger partial charge on any atom is 0.316 e. The van der Waals surface area contributed by atoms with E-state index in [1.165, 1.54) is 0 Å². The number of aryl methyl sites for hydroxylation is 1. The van der Waals surface area contributed by atoms with Gasteiger partial charge in [-0.05, 0) is 37.3 Å². The minimum atomic E-state index is -0.509. The molecule has 3 rings (SSSR count). The number of hydrogen-bond acceptors (Lipinski definition) is 7. The summed E-state index contributed by atoms with van der Waals surface area (Å²) in [5, 5.41) is 9.09. The summed E-state index contributed by atoms with van der Waals surface area (Å²) in [7, 11) is 1.57. The van der Waals surface area contributed by atoms with Crippen LogP contribution in [0.2, 0.25) is 0 Å². The quantitative estimate of drug-likeness (QED) is 0.518. The van der Waals surface area contributed by atoms with Gasteiger partial charge in [0, 0.05) is 18.7 Å². The lowest BCUT2D eigenvalue weighted by Crippen LogP contribution is -2.36. The molecule has 0 bridgehead atoms. The van der Waals surface area contributed by atoms with Gasteiger partial charge in [0.25, 0.3) is 5.91 Å². The third-order valence-electron chi connectivity index (χ3n) is 4.06. The van der Waals surface area contributed by atoms with Gasteiger partial charge < -0.3 is 24.6 Å². The molecule has 0 saturated heterocycles. The lowest BCUT2D eigenvalue weighted by molar-refractivity contribution is -0.123. The molecular weight excluding hydrogens is 388 g/mol. The van der Waals surface area contributed by atoms with Crippen molar-refractivity contribution in [3.8, 4) is 22.9 Å². The molecule has 1 heterocycles. The van der Waals surface area contributed by atoms with Crippen LogP contribution in [0.3, 0.4) is 0 Å². The Morgan fingerprint density at radius 3 is 2.50 bits per heavy atom. The minimum Gasteiger partial charge on any atom is -0.497 e. The molecule has 0 spiro atoms. The number of carbonyl (C=O) groups is 2. The van der Waals surface area contributed by atoms with E-state index in [2.05, 4.69) is 20.8 Å². The summed E-state index contributed by atoms with van der Waals surface area (Å²) in [5.41, 5.74) is 1.82. The number of carbonyl (C=O) groups excluding carboxylic acids is 2. The molecule has 0 fully saturated rings. The van der Waals surface area contributed by atoms with Crippen LogP contribution in [0.4, 0.5) is 0 Å². The van der Waals surface area contributed by atoms with E-state index in [4.69, 9.17) is 14.0 Å². The van der Waals surface area contributed by atoms with Gasteiger partial charge in [-0.15, -0.1) is 0 Å². The number of benzene rings is 2. The Bertz CT molecular complexity index is 1000. The van der Waals surface area contributed by atoms with E-state index < -0.39 is 5.91 Å². The Kier molecular flexibility index (Phi) is 6.99. The molecule has 0 unspecified atom stereocenters. The van der Waals surface area contributed by atoms with Gasteiger partial charge >= 0.3 is 11.8 Å². The van der Waals surface area contributed by atoms with E-state index in [9.17, 15) is 9.59 Å². The first-order chi connectivity index (χ1) is 14.5. The van der Waals surface area contributed by atoms with Gasteiger partial charge in [-0.1, -0.05) is 28.9 Å². The molecular formula is C21H22N4O5. The molecule has 9 heteroatoms. The molecule has 2 amide bonds. The first-order valence-electron chi connectivity index (χ1n) is 9.27. The highest BCUT2D eigenvalue weighted by Gasteiger charge is 2.15. The second-order valence-electron chi connectivity index (χ2n) is 6.36. The van der Waals surface area contributed by atoms with Crippen LogP contribution in [0, 0.1) is 6.92 Å². The first kappa shape index (κ1) is 20.8. The molecule has 2 N–H and O–H groups in total. The minimum absolute atomic E-state index is 0.135. The highest BCUT2D eigenvalue weighted by Crippen LogP contribution is 2.17. The molecule has 0 saturated carbocycles. The highest BCUT2D eigenvalue weighted by atomic mass is 16.5. The number of aromatic nitrogens is 2. The maximum absolute atomic E-state index is 12.1. The summed E-state index contributed by atoms with van der Waals surface area (Å²) >= 11 is 0. The topological polar surface area (TPSA) is 116 Å². The predicted octanol–water partition coefficient (Wildman–Crippen LogP) is 1.98. The lowest BCUT2D eigenvalue weighted by Gasteiger charge is -2.08. The van der Waals surface area contributed by atoms with Crippen LogP contribution >= 0.6 is 0 Å². The van der Waals surface area contributed by atoms with Gasteiger partial charge in [0.15, 0.2) is 6.61 Å². The van der Waals surface area contributed by atoms with Gasteiger partial charge in [-0.3, -0.25) is 9.59 Å². The van der Waals surface area contributed by atoms with E-state index in [0.717, 1.165) is 11.1 Å². The van der Waals surface area contributed by atoms with Gasteiger partial charge in [0.1, 0.15) is 11.5 Å². The standard InChI is InChI=1S/C21H22N4O5/c1-14-4-3-5-15(12-14)19-24-21(30-25-19)20(27)23-11-10-22-18(26)13-29-17-8-6-16(28-2)7-9-17/h3-9,12H,10-11,13H2,1-2H3,(H,22,26)(H,23,27). The highest BCUT2D eigenvalue weighted by molar-refractivity contribution is 5.89. The van der Waals surface area contributed by atoms with E-state index in [1.54, 1.807) is 31.4 Å². The Morgan fingerprint density at radius 2 is 1.77 bits per heavy atom. The van der Waals surface area contributed by atoms with Gasteiger partial charge in [0.05, 0.1) is 7.11 Å². The Morgan fingerprint density at radius 1 is 1.03 bits per heavy atom. The fourth-order valence-electron chi connectivity index (χ4n) is 2.54. The number of amides is 2. The van der Waals surface area contributed by atoms with Crippen molar-refractivity contribution in [2.75, 3.05) is 26.8 Å². The van der Waals surface area contributed by atoms with E-state index >= 15 is 0 Å². The molecule has 156 valence electrons. The summed E-state index contributed by atoms with van der Waals surface area (Å²) in [6.07, 6.45) is 0. The van der Waals surface area contributed by atoms with Crippen molar-refractivity contribution in [3.63, 3.8) is 0 Å². The van der Waals surface area contributed by atoms with E-state index in [1.807, 2.05) is 31.2 Å². The van der Waals surface area contributed by atoms with Crippen LogP contribution in [0.1, 0.15) is 16.2 Å². The molecule has 1 aromatic heterocycles. The Labute approximate surface area is 173 Å². The zero-order valence-corrected chi connectivity index (χ0v) is 16.7. The molecule has 2 aromatic carbocycles. The van der Waals surface area contributed by atoms with Crippen LogP contribution in [-0.4, -0.2) is 48.8 Å². The average Bonchev–Trinajstić information content (AvgIpc) is 3.26. The van der Waals surface area contributed by atoms with E-state index in [0.29, 0.717) is 17.3 Å². The number of rotatable bonds is 9. The Hall–Kier alpha value is -3.88. The third kappa shape index (κ3) is 5.81. The number of methoxy groups -OCH3 is 1. The molecule has 0 aliphatic carbocycles. The number of ether oxygens (including phenoxy) is 2. The van der Waals surface area contributed by atoms with Crippen LogP contribution in [-0.2, 0) is 4.79 Å². The predicted molar refractivity (Wildman–Crippen MR) is 108 cm³/mol. The van der Waals surface area contributed by atoms with Crippen molar-refractivity contribution >= 4 is 11.8 Å². The van der Waals surface area contributed by atoms with E-state index in [-0.39, 0.29) is 31.5 Å². The summed E-state index contributed by atoms with van der Waals surface area (Å²) in [6, 6.07) is 14.5. The summed E-state index contributed by atoms with van der Waals surface area (Å²) in [6.45, 7) is 2.25. The monoisotopic (exact) mass is 410 g/mol. The van der Waals surface area contributed by atoms with Crippen molar-refractivity contribution in [1.82, 2.24) is 20.8 Å². The first-order valence-corrected chi connectivity index (χ1v) is 9.27. The number of hydrogen-bond donors (Lipinski definition) is 2. The van der Waals surface area contributed by atoms with Gasteiger partial charge in [0.2, 0.25) is 5.82 Å². The fourth-order valence-corrected chi connectivity index (χ4v) is 2.54. The van der Waals surface area contributed by atoms with Crippen molar-refractivity contribution < 1.29 is 23.6 Å². The lowest BCUT2D eigenvalue weighted by atomic mass is 10.1. The molecule has 0 radical (unpaired) electrons. The summed E-state index contributed by atoms with van der Waals surface area (Å²) in [4.78, 5) is 28.0. The smallest absolute Gasteiger partial charge is 0.316 e. The molecule has 9 nitrogen and oxygen atoms in total. The summed E-state index contributed by atoms with van der Waals surface area (Å²) < 4.78 is 15.4. The normalized spacial score (nSPS) is 10.3. The van der Waals surface area contributed by atoms with Crippen molar-refractivity contribution in [2.24, 2.45) is 0 Å². The van der Waals surface area contributed by atoms with Crippen molar-refractivity contribution in [1.29, 1.82) is 0 Å². The molecule has 30 heavy (non-hydrogen) atoms. The third-order valence-corrected chi connectivity index (χ3v) is 4.06. The summed E-state index contributed by atoms with van der Waals surface area (Å²) in [5.74, 6) is 0.646. The molecule has 3 aromatic rings. The zero-order valence-electron chi connectivity index (χ0n) is 16.7.